The molecule has 0 spiro atoms. The summed E-state index contributed by atoms with van der Waals surface area (Å²) in [7, 11) is -3.84. The Kier molecular flexibility index (Phi) is 6.14. The Balaban J connectivity index is 2.18. The summed E-state index contributed by atoms with van der Waals surface area (Å²) >= 11 is 0. The van der Waals surface area contributed by atoms with Crippen molar-refractivity contribution in [2.24, 2.45) is 5.14 Å². The van der Waals surface area contributed by atoms with Crippen LogP contribution >= 0.6 is 0 Å². The maximum absolute atomic E-state index is 11.9. The third-order valence-corrected chi connectivity index (χ3v) is 5.63. The van der Waals surface area contributed by atoms with Crippen LogP contribution in [-0.2, 0) is 14.8 Å². The minimum Gasteiger partial charge on any atom is -0.481 e. The zero-order valence-corrected chi connectivity index (χ0v) is 16.7. The van der Waals surface area contributed by atoms with Gasteiger partial charge in [0.2, 0.25) is 10.0 Å². The minimum atomic E-state index is -3.84. The molecule has 0 saturated heterocycles. The van der Waals surface area contributed by atoms with Gasteiger partial charge in [0.15, 0.2) is 5.76 Å². The molecule has 1 unspecified atom stereocenters. The average Bonchev–Trinajstić information content (AvgIpc) is 3.13. The van der Waals surface area contributed by atoms with Crippen molar-refractivity contribution >= 4 is 16.0 Å². The average molecular weight is 414 g/mol. The number of aromatic nitrogens is 1. The van der Waals surface area contributed by atoms with E-state index in [9.17, 15) is 18.3 Å². The first-order valence-corrected chi connectivity index (χ1v) is 10.8. The molecule has 0 aliphatic rings. The van der Waals surface area contributed by atoms with Gasteiger partial charge < -0.3 is 9.63 Å². The van der Waals surface area contributed by atoms with E-state index >= 15 is 0 Å². The largest absolute Gasteiger partial charge is 0.481 e. The van der Waals surface area contributed by atoms with Crippen molar-refractivity contribution in [3.8, 4) is 22.5 Å². The summed E-state index contributed by atoms with van der Waals surface area (Å²) in [5, 5.41) is 19.1. The first kappa shape index (κ1) is 20.8. The Labute approximate surface area is 169 Å². The van der Waals surface area contributed by atoms with Gasteiger partial charge in [-0.25, -0.2) is 13.6 Å². The van der Waals surface area contributed by atoms with Gasteiger partial charge in [0.05, 0.1) is 10.5 Å². The molecule has 1 aromatic heterocycles. The number of hydrogen-bond acceptors (Lipinski definition) is 5. The number of rotatable bonds is 8. The Morgan fingerprint density at radius 1 is 1.10 bits per heavy atom. The monoisotopic (exact) mass is 414 g/mol. The van der Waals surface area contributed by atoms with Crippen molar-refractivity contribution in [2.75, 3.05) is 0 Å². The van der Waals surface area contributed by atoms with Crippen molar-refractivity contribution in [2.45, 2.75) is 37.0 Å². The van der Waals surface area contributed by atoms with Gasteiger partial charge in [0.25, 0.3) is 0 Å². The van der Waals surface area contributed by atoms with Gasteiger partial charge in [-0.05, 0) is 24.1 Å². The zero-order chi connectivity index (χ0) is 21.0. The Morgan fingerprint density at radius 2 is 1.76 bits per heavy atom. The molecule has 0 fully saturated rings. The molecule has 2 aromatic carbocycles. The summed E-state index contributed by atoms with van der Waals surface area (Å²) in [6.45, 7) is 1.99. The minimum absolute atomic E-state index is 0.0266. The molecule has 0 bridgehead atoms. The fraction of sp³-hybridized carbons (Fsp3) is 0.238. The molecule has 29 heavy (non-hydrogen) atoms. The van der Waals surface area contributed by atoms with Gasteiger partial charge in [-0.15, -0.1) is 0 Å². The fourth-order valence-corrected chi connectivity index (χ4v) is 3.72. The lowest BCUT2D eigenvalue weighted by Crippen LogP contribution is -2.13. The topological polar surface area (TPSA) is 123 Å². The summed E-state index contributed by atoms with van der Waals surface area (Å²) in [6, 6.07) is 15.2. The highest BCUT2D eigenvalue weighted by Gasteiger charge is 2.30. The Bertz CT molecular complexity index is 1090. The van der Waals surface area contributed by atoms with Gasteiger partial charge >= 0.3 is 5.97 Å². The molecular formula is C21H22N2O5S. The number of carboxylic acid groups (broad SMARTS) is 1. The molecule has 0 aliphatic heterocycles. The Hall–Kier alpha value is -2.97. The van der Waals surface area contributed by atoms with E-state index in [4.69, 9.17) is 9.66 Å². The van der Waals surface area contributed by atoms with E-state index in [1.807, 2.05) is 37.3 Å². The molecule has 7 nitrogen and oxygen atoms in total. The first-order valence-electron chi connectivity index (χ1n) is 9.24. The molecule has 0 radical (unpaired) electrons. The van der Waals surface area contributed by atoms with Crippen LogP contribution < -0.4 is 5.14 Å². The number of primary sulfonamides is 1. The Morgan fingerprint density at radius 3 is 2.31 bits per heavy atom. The van der Waals surface area contributed by atoms with Gasteiger partial charge in [0.1, 0.15) is 11.6 Å². The summed E-state index contributed by atoms with van der Waals surface area (Å²) in [6.07, 6.45) is 2.01. The highest BCUT2D eigenvalue weighted by molar-refractivity contribution is 7.89. The van der Waals surface area contributed by atoms with E-state index in [1.54, 1.807) is 12.1 Å². The third kappa shape index (κ3) is 4.55. The summed E-state index contributed by atoms with van der Waals surface area (Å²) in [5.41, 5.74) is 2.22. The van der Waals surface area contributed by atoms with Gasteiger partial charge in [-0.2, -0.15) is 0 Å². The predicted octanol–water partition coefficient (Wildman–Crippen LogP) is 4.01. The van der Waals surface area contributed by atoms with E-state index in [0.29, 0.717) is 29.0 Å². The quantitative estimate of drug-likeness (QED) is 0.574. The number of hydrogen-bond donors (Lipinski definition) is 2. The second-order valence-corrected chi connectivity index (χ2v) is 8.30. The normalized spacial score (nSPS) is 12.6. The molecule has 3 aromatic rings. The summed E-state index contributed by atoms with van der Waals surface area (Å²) < 4.78 is 28.7. The molecule has 0 aliphatic carbocycles. The summed E-state index contributed by atoms with van der Waals surface area (Å²) in [4.78, 5) is 11.9. The fourth-order valence-electron chi connectivity index (χ4n) is 3.20. The van der Waals surface area contributed by atoms with E-state index in [2.05, 4.69) is 5.16 Å². The molecule has 1 atom stereocenters. The number of carboxylic acids is 1. The highest BCUT2D eigenvalue weighted by Crippen LogP contribution is 2.39. The smallest absolute Gasteiger partial charge is 0.312 e. The van der Waals surface area contributed by atoms with Crippen molar-refractivity contribution in [1.82, 2.24) is 5.16 Å². The van der Waals surface area contributed by atoms with E-state index in [1.165, 1.54) is 12.1 Å². The number of nitrogens with zero attached hydrogens (tertiary/aromatic N) is 1. The number of aliphatic carboxylic acids is 1. The van der Waals surface area contributed by atoms with E-state index in [-0.39, 0.29) is 4.90 Å². The van der Waals surface area contributed by atoms with Gasteiger partial charge in [-0.1, -0.05) is 67.4 Å². The summed E-state index contributed by atoms with van der Waals surface area (Å²) in [5.74, 6) is -1.37. The van der Waals surface area contributed by atoms with Crippen LogP contribution in [-0.4, -0.2) is 24.7 Å². The molecular weight excluding hydrogens is 392 g/mol. The number of benzene rings is 2. The molecule has 0 saturated carbocycles. The molecule has 3 N–H and O–H groups in total. The van der Waals surface area contributed by atoms with Crippen LogP contribution in [0.25, 0.3) is 22.5 Å². The number of unbranched alkanes of at least 4 members (excludes halogenated alkanes) is 1. The SMILES string of the molecule is CCCCC(C(=O)O)c1noc(-c2ccccc2)c1-c1ccc(S(N)(=O)=O)cc1. The zero-order valence-electron chi connectivity index (χ0n) is 15.9. The second kappa shape index (κ2) is 8.59. The van der Waals surface area contributed by atoms with Crippen LogP contribution in [0.1, 0.15) is 37.8 Å². The number of nitrogens with two attached hydrogens (primary N) is 1. The van der Waals surface area contributed by atoms with Crippen molar-refractivity contribution in [1.29, 1.82) is 0 Å². The van der Waals surface area contributed by atoms with Crippen LogP contribution in [0, 0.1) is 0 Å². The van der Waals surface area contributed by atoms with Crippen LogP contribution in [0.5, 0.6) is 0 Å². The van der Waals surface area contributed by atoms with E-state index < -0.39 is 21.9 Å². The van der Waals surface area contributed by atoms with Crippen LogP contribution in [0.2, 0.25) is 0 Å². The van der Waals surface area contributed by atoms with E-state index in [0.717, 1.165) is 18.4 Å². The molecule has 0 amide bonds. The maximum Gasteiger partial charge on any atom is 0.312 e. The standard InChI is InChI=1S/C21H22N2O5S/c1-2-3-9-17(21(24)25)19-18(14-10-12-16(13-11-14)29(22,26)27)20(28-23-19)15-7-5-4-6-8-15/h4-8,10-13,17H,2-3,9H2,1H3,(H,24,25)(H2,22,26,27). The molecule has 3 rings (SSSR count). The molecule has 8 heteroatoms. The van der Waals surface area contributed by atoms with Crippen molar-refractivity contribution in [3.05, 3.63) is 60.3 Å². The maximum atomic E-state index is 11.9. The first-order chi connectivity index (χ1) is 13.8. The molecule has 1 heterocycles. The highest BCUT2D eigenvalue weighted by atomic mass is 32.2. The van der Waals surface area contributed by atoms with Crippen LogP contribution in [0.3, 0.4) is 0 Å². The number of carbonyl (C=O) groups is 1. The van der Waals surface area contributed by atoms with Crippen molar-refractivity contribution < 1.29 is 22.8 Å². The van der Waals surface area contributed by atoms with Gasteiger partial charge in [0, 0.05) is 5.56 Å². The van der Waals surface area contributed by atoms with Crippen LogP contribution in [0.4, 0.5) is 0 Å². The lowest BCUT2D eigenvalue weighted by atomic mass is 9.90. The van der Waals surface area contributed by atoms with Gasteiger partial charge in [-0.3, -0.25) is 4.79 Å². The lowest BCUT2D eigenvalue weighted by Gasteiger charge is -2.12. The lowest BCUT2D eigenvalue weighted by molar-refractivity contribution is -0.139. The predicted molar refractivity (Wildman–Crippen MR) is 109 cm³/mol. The number of sulfonamides is 1. The van der Waals surface area contributed by atoms with Crippen molar-refractivity contribution in [3.63, 3.8) is 0 Å². The third-order valence-electron chi connectivity index (χ3n) is 4.70. The van der Waals surface area contributed by atoms with Crippen LogP contribution in [0.15, 0.2) is 64.0 Å². The molecule has 152 valence electrons. The second-order valence-electron chi connectivity index (χ2n) is 6.74.